The number of aromatic nitrogens is 9. The molecule has 0 atom stereocenters. The van der Waals surface area contributed by atoms with Crippen LogP contribution in [-0.2, 0) is 0 Å². The fourth-order valence-corrected chi connectivity index (χ4v) is 5.82. The minimum Gasteiger partial charge on any atom is -0.256 e. The maximum Gasteiger partial charge on any atom is 0.182 e. The molecule has 230 valence electrons. The van der Waals surface area contributed by atoms with Crippen LogP contribution in [0.25, 0.3) is 84.6 Å². The summed E-state index contributed by atoms with van der Waals surface area (Å²) >= 11 is 0. The van der Waals surface area contributed by atoms with Crippen molar-refractivity contribution < 1.29 is 0 Å². The lowest BCUT2D eigenvalue weighted by atomic mass is 10.1. The summed E-state index contributed by atoms with van der Waals surface area (Å²) in [6, 6.07) is 42.0. The SMILES string of the molecule is c1ccc(-c2ccc(-c3nc(-c4cccc(-c5cc6ccc7ccccc7n6n5)c4)nc(-c4ccc(-c5ccccn5)cn4)n3)nc2)nc1. The standard InChI is InChI=1S/C40H25N9/c1-2-13-37-26(8-1)14-17-31-23-36(48-49(31)37)27-9-7-10-28(22-27)38-45-39(34-18-15-29(24-43-34)32-11-3-5-20-41-32)47-40(46-38)35-19-16-30(25-44-35)33-12-4-6-21-42-33/h1-25H. The highest BCUT2D eigenvalue weighted by Crippen LogP contribution is 2.29. The molecule has 9 rings (SSSR count). The summed E-state index contributed by atoms with van der Waals surface area (Å²) in [6.07, 6.45) is 7.11. The van der Waals surface area contributed by atoms with Gasteiger partial charge in [-0.1, -0.05) is 54.6 Å². The van der Waals surface area contributed by atoms with Gasteiger partial charge in [0.1, 0.15) is 11.4 Å². The largest absolute Gasteiger partial charge is 0.256 e. The number of hydrogen-bond acceptors (Lipinski definition) is 8. The predicted molar refractivity (Wildman–Crippen MR) is 190 cm³/mol. The maximum atomic E-state index is 4.98. The minimum absolute atomic E-state index is 0.438. The Morgan fingerprint density at radius 1 is 0.388 bits per heavy atom. The molecule has 0 N–H and O–H groups in total. The van der Waals surface area contributed by atoms with Crippen molar-refractivity contribution in [3.05, 3.63) is 152 Å². The Morgan fingerprint density at radius 2 is 1.02 bits per heavy atom. The highest BCUT2D eigenvalue weighted by atomic mass is 15.2. The Morgan fingerprint density at radius 3 is 1.65 bits per heavy atom. The van der Waals surface area contributed by atoms with E-state index in [4.69, 9.17) is 30.0 Å². The average Bonchev–Trinajstić information content (AvgIpc) is 3.64. The summed E-state index contributed by atoms with van der Waals surface area (Å²) in [5, 5.41) is 6.11. The summed E-state index contributed by atoms with van der Waals surface area (Å²) in [7, 11) is 0. The minimum atomic E-state index is 0.438. The van der Waals surface area contributed by atoms with E-state index >= 15 is 0 Å². The molecule has 0 saturated carbocycles. The van der Waals surface area contributed by atoms with Gasteiger partial charge in [0.25, 0.3) is 0 Å². The van der Waals surface area contributed by atoms with Crippen molar-refractivity contribution in [2.75, 3.05) is 0 Å². The number of hydrogen-bond donors (Lipinski definition) is 0. The lowest BCUT2D eigenvalue weighted by Crippen LogP contribution is -2.02. The molecule has 7 heterocycles. The molecule has 2 aromatic carbocycles. The van der Waals surface area contributed by atoms with Crippen LogP contribution in [0.3, 0.4) is 0 Å². The monoisotopic (exact) mass is 631 g/mol. The van der Waals surface area contributed by atoms with Crippen molar-refractivity contribution in [2.45, 2.75) is 0 Å². The van der Waals surface area contributed by atoms with E-state index in [-0.39, 0.29) is 0 Å². The van der Waals surface area contributed by atoms with Crippen LogP contribution >= 0.6 is 0 Å². The van der Waals surface area contributed by atoms with E-state index in [1.165, 1.54) is 0 Å². The molecular weight excluding hydrogens is 607 g/mol. The lowest BCUT2D eigenvalue weighted by molar-refractivity contribution is 1.01. The normalized spacial score (nSPS) is 11.3. The van der Waals surface area contributed by atoms with Gasteiger partial charge in [-0.25, -0.2) is 19.5 Å². The van der Waals surface area contributed by atoms with Gasteiger partial charge in [0.15, 0.2) is 17.5 Å². The summed E-state index contributed by atoms with van der Waals surface area (Å²) in [6.45, 7) is 0. The second-order valence-corrected chi connectivity index (χ2v) is 11.4. The van der Waals surface area contributed by atoms with Gasteiger partial charge in [-0.2, -0.15) is 5.10 Å². The molecule has 0 amide bonds. The second kappa shape index (κ2) is 12.0. The van der Waals surface area contributed by atoms with Crippen molar-refractivity contribution in [1.82, 2.24) is 44.5 Å². The third-order valence-corrected chi connectivity index (χ3v) is 8.29. The summed E-state index contributed by atoms with van der Waals surface area (Å²) < 4.78 is 1.98. The molecule has 0 aliphatic rings. The van der Waals surface area contributed by atoms with E-state index in [1.807, 2.05) is 95.5 Å². The van der Waals surface area contributed by atoms with E-state index in [1.54, 1.807) is 24.8 Å². The summed E-state index contributed by atoms with van der Waals surface area (Å²) in [5.74, 6) is 1.38. The van der Waals surface area contributed by atoms with Crippen molar-refractivity contribution in [2.24, 2.45) is 0 Å². The second-order valence-electron chi connectivity index (χ2n) is 11.4. The van der Waals surface area contributed by atoms with Gasteiger partial charge in [0.05, 0.1) is 28.1 Å². The van der Waals surface area contributed by atoms with Crippen LogP contribution in [0, 0.1) is 0 Å². The Bertz CT molecular complexity index is 2480. The number of pyridine rings is 5. The highest BCUT2D eigenvalue weighted by Gasteiger charge is 2.16. The zero-order chi connectivity index (χ0) is 32.6. The van der Waals surface area contributed by atoms with Crippen LogP contribution in [0.4, 0.5) is 0 Å². The summed E-state index contributed by atoms with van der Waals surface area (Å²) in [5.41, 5.74) is 9.39. The first-order chi connectivity index (χ1) is 24.2. The molecule has 0 aliphatic heterocycles. The first-order valence-electron chi connectivity index (χ1n) is 15.8. The number of rotatable bonds is 6. The van der Waals surface area contributed by atoms with Gasteiger partial charge < -0.3 is 0 Å². The molecule has 0 radical (unpaired) electrons. The van der Waals surface area contributed by atoms with Crippen LogP contribution in [0.15, 0.2) is 152 Å². The quantitative estimate of drug-likeness (QED) is 0.181. The smallest absolute Gasteiger partial charge is 0.182 e. The lowest BCUT2D eigenvalue weighted by Gasteiger charge is -2.09. The van der Waals surface area contributed by atoms with Crippen molar-refractivity contribution >= 4 is 16.4 Å². The van der Waals surface area contributed by atoms with Crippen molar-refractivity contribution in [3.63, 3.8) is 0 Å². The molecule has 9 aromatic rings. The Kier molecular flexibility index (Phi) is 6.90. The number of nitrogens with zero attached hydrogens (tertiary/aromatic N) is 9. The Labute approximate surface area is 280 Å². The highest BCUT2D eigenvalue weighted by molar-refractivity contribution is 5.84. The van der Waals surface area contributed by atoms with E-state index in [2.05, 4.69) is 46.4 Å². The van der Waals surface area contributed by atoms with Crippen LogP contribution in [0.1, 0.15) is 0 Å². The van der Waals surface area contributed by atoms with Gasteiger partial charge in [0.2, 0.25) is 0 Å². The first kappa shape index (κ1) is 28.2. The Hall–Kier alpha value is -7.00. The molecule has 0 aliphatic carbocycles. The van der Waals surface area contributed by atoms with E-state index in [0.717, 1.165) is 55.8 Å². The molecule has 49 heavy (non-hydrogen) atoms. The van der Waals surface area contributed by atoms with Crippen LogP contribution in [0.2, 0.25) is 0 Å². The van der Waals surface area contributed by atoms with Gasteiger partial charge in [-0.3, -0.25) is 19.9 Å². The van der Waals surface area contributed by atoms with E-state index in [9.17, 15) is 0 Å². The molecule has 0 unspecified atom stereocenters. The zero-order valence-electron chi connectivity index (χ0n) is 26.0. The topological polar surface area (TPSA) is 108 Å². The predicted octanol–water partition coefficient (Wildman–Crippen LogP) is 8.25. The third-order valence-electron chi connectivity index (χ3n) is 8.29. The fraction of sp³-hybridized carbons (Fsp3) is 0. The molecule has 7 aromatic heterocycles. The molecule has 0 fully saturated rings. The molecular formula is C40H25N9. The number of fused-ring (bicyclic) bond motifs is 3. The third kappa shape index (κ3) is 5.45. The van der Waals surface area contributed by atoms with Gasteiger partial charge in [-0.15, -0.1) is 0 Å². The van der Waals surface area contributed by atoms with Gasteiger partial charge >= 0.3 is 0 Å². The molecule has 9 nitrogen and oxygen atoms in total. The van der Waals surface area contributed by atoms with E-state index < -0.39 is 0 Å². The van der Waals surface area contributed by atoms with Crippen LogP contribution in [0.5, 0.6) is 0 Å². The van der Waals surface area contributed by atoms with E-state index in [0.29, 0.717) is 28.9 Å². The fourth-order valence-electron chi connectivity index (χ4n) is 5.82. The van der Waals surface area contributed by atoms with Crippen LogP contribution in [-0.4, -0.2) is 44.5 Å². The first-order valence-corrected chi connectivity index (χ1v) is 15.8. The van der Waals surface area contributed by atoms with Gasteiger partial charge in [-0.05, 0) is 72.8 Å². The average molecular weight is 632 g/mol. The zero-order valence-corrected chi connectivity index (χ0v) is 26.0. The number of benzene rings is 2. The molecule has 0 spiro atoms. The van der Waals surface area contributed by atoms with Gasteiger partial charge in [0, 0.05) is 52.4 Å². The van der Waals surface area contributed by atoms with Crippen molar-refractivity contribution in [1.29, 1.82) is 0 Å². The van der Waals surface area contributed by atoms with Crippen LogP contribution < -0.4 is 0 Å². The summed E-state index contributed by atoms with van der Waals surface area (Å²) in [4.78, 5) is 33.0. The molecule has 0 bridgehead atoms. The molecule has 9 heteroatoms. The van der Waals surface area contributed by atoms with Crippen molar-refractivity contribution in [3.8, 4) is 68.2 Å². The number of para-hydroxylation sites is 1. The Balaban J connectivity index is 1.14. The molecule has 0 saturated heterocycles. The maximum absolute atomic E-state index is 4.98.